The standard InChI is InChI=1S/C33H39BrN4O3/c1-23(26-15-12-16-27(34)20-26)36-33-28-21-30(40-3)31(22-29(28)37-24(2)38-33)41-18-11-6-4-5-10-17-35-32(39)19-25-13-8-7-9-14-25/h7-9,12-16,20-23H,4-6,10-11,17-19H2,1-3H3,(H,35,39)(H,36,37,38). The third kappa shape index (κ3) is 9.18. The third-order valence-corrected chi connectivity index (χ3v) is 7.40. The summed E-state index contributed by atoms with van der Waals surface area (Å²) in [6, 6.07) is 22.0. The first kappa shape index (κ1) is 30.3. The number of nitrogens with one attached hydrogen (secondary N) is 2. The maximum absolute atomic E-state index is 12.1. The number of unbranched alkanes of at least 4 members (excludes halogenated alkanes) is 4. The number of methoxy groups -OCH3 is 1. The molecule has 0 bridgehead atoms. The van der Waals surface area contributed by atoms with Gasteiger partial charge >= 0.3 is 0 Å². The summed E-state index contributed by atoms with van der Waals surface area (Å²) in [4.78, 5) is 21.4. The molecular formula is C33H39BrN4O3. The molecule has 8 heteroatoms. The van der Waals surface area contributed by atoms with Crippen molar-refractivity contribution in [3.63, 3.8) is 0 Å². The van der Waals surface area contributed by atoms with Crippen LogP contribution in [-0.2, 0) is 11.2 Å². The average molecular weight is 620 g/mol. The zero-order chi connectivity index (χ0) is 29.0. The molecule has 0 saturated carbocycles. The molecule has 41 heavy (non-hydrogen) atoms. The quantitative estimate of drug-likeness (QED) is 0.134. The van der Waals surface area contributed by atoms with Crippen LogP contribution < -0.4 is 20.1 Å². The van der Waals surface area contributed by atoms with Crippen LogP contribution in [0.1, 0.15) is 62.0 Å². The van der Waals surface area contributed by atoms with Gasteiger partial charge in [0.1, 0.15) is 11.6 Å². The highest BCUT2D eigenvalue weighted by Crippen LogP contribution is 2.35. The van der Waals surface area contributed by atoms with Gasteiger partial charge in [-0.1, -0.05) is 77.7 Å². The molecule has 1 heterocycles. The summed E-state index contributed by atoms with van der Waals surface area (Å²) in [5.41, 5.74) is 3.01. The molecule has 0 spiro atoms. The van der Waals surface area contributed by atoms with Crippen LogP contribution in [-0.4, -0.2) is 36.1 Å². The van der Waals surface area contributed by atoms with E-state index in [0.29, 0.717) is 30.4 Å². The number of hydrogen-bond donors (Lipinski definition) is 2. The highest BCUT2D eigenvalue weighted by molar-refractivity contribution is 9.10. The predicted octanol–water partition coefficient (Wildman–Crippen LogP) is 7.57. The summed E-state index contributed by atoms with van der Waals surface area (Å²) in [5.74, 6) is 2.88. The maximum Gasteiger partial charge on any atom is 0.224 e. The zero-order valence-corrected chi connectivity index (χ0v) is 25.7. The number of nitrogens with zero attached hydrogens (tertiary/aromatic N) is 2. The third-order valence-electron chi connectivity index (χ3n) is 6.90. The number of benzene rings is 3. The molecule has 1 atom stereocenters. The molecule has 4 rings (SSSR count). The second kappa shape index (κ2) is 15.4. The molecule has 4 aromatic rings. The minimum Gasteiger partial charge on any atom is -0.493 e. The van der Waals surface area contributed by atoms with Crippen molar-refractivity contribution in [3.8, 4) is 11.5 Å². The zero-order valence-electron chi connectivity index (χ0n) is 24.1. The average Bonchev–Trinajstić information content (AvgIpc) is 2.96. The summed E-state index contributed by atoms with van der Waals surface area (Å²) < 4.78 is 12.8. The van der Waals surface area contributed by atoms with Gasteiger partial charge in [0.15, 0.2) is 11.5 Å². The normalized spacial score (nSPS) is 11.7. The topological polar surface area (TPSA) is 85.4 Å². The molecule has 1 unspecified atom stereocenters. The molecular weight excluding hydrogens is 580 g/mol. The van der Waals surface area contributed by atoms with Gasteiger partial charge in [-0.2, -0.15) is 0 Å². The van der Waals surface area contributed by atoms with E-state index in [0.717, 1.165) is 71.0 Å². The van der Waals surface area contributed by atoms with Gasteiger partial charge in [0.25, 0.3) is 0 Å². The fourth-order valence-electron chi connectivity index (χ4n) is 4.71. The van der Waals surface area contributed by atoms with Crippen molar-refractivity contribution in [1.82, 2.24) is 15.3 Å². The number of ether oxygens (including phenoxy) is 2. The smallest absolute Gasteiger partial charge is 0.224 e. The van der Waals surface area contributed by atoms with Gasteiger partial charge in [-0.25, -0.2) is 9.97 Å². The minimum atomic E-state index is 0.0532. The molecule has 1 amide bonds. The van der Waals surface area contributed by atoms with Crippen molar-refractivity contribution < 1.29 is 14.3 Å². The van der Waals surface area contributed by atoms with Crippen LogP contribution in [0.3, 0.4) is 0 Å². The number of aryl methyl sites for hydroxylation is 1. The molecule has 0 fully saturated rings. The van der Waals surface area contributed by atoms with Crippen LogP contribution in [0, 0.1) is 6.92 Å². The number of halogens is 1. The van der Waals surface area contributed by atoms with E-state index in [1.807, 2.05) is 61.5 Å². The molecule has 1 aromatic heterocycles. The predicted molar refractivity (Wildman–Crippen MR) is 169 cm³/mol. The maximum atomic E-state index is 12.1. The Hall–Kier alpha value is -3.65. The lowest BCUT2D eigenvalue weighted by Gasteiger charge is -2.18. The minimum absolute atomic E-state index is 0.0532. The second-order valence-corrected chi connectivity index (χ2v) is 11.1. The highest BCUT2D eigenvalue weighted by Gasteiger charge is 2.15. The summed E-state index contributed by atoms with van der Waals surface area (Å²) in [5, 5.41) is 7.45. The molecule has 0 aliphatic rings. The molecule has 3 aromatic carbocycles. The van der Waals surface area contributed by atoms with Gasteiger partial charge in [-0.05, 0) is 56.0 Å². The van der Waals surface area contributed by atoms with Gasteiger partial charge in [0.05, 0.1) is 31.7 Å². The molecule has 7 nitrogen and oxygen atoms in total. The van der Waals surface area contributed by atoms with Crippen LogP contribution in [0.4, 0.5) is 5.82 Å². The van der Waals surface area contributed by atoms with Gasteiger partial charge in [-0.15, -0.1) is 0 Å². The summed E-state index contributed by atoms with van der Waals surface area (Å²) in [7, 11) is 1.65. The van der Waals surface area contributed by atoms with E-state index in [2.05, 4.69) is 55.6 Å². The first-order chi connectivity index (χ1) is 19.9. The molecule has 2 N–H and O–H groups in total. The first-order valence-electron chi connectivity index (χ1n) is 14.2. The lowest BCUT2D eigenvalue weighted by Crippen LogP contribution is -2.26. The van der Waals surface area contributed by atoms with Gasteiger partial charge in [-0.3, -0.25) is 4.79 Å². The van der Waals surface area contributed by atoms with E-state index in [1.165, 1.54) is 0 Å². The van der Waals surface area contributed by atoms with Crippen LogP contribution in [0.5, 0.6) is 11.5 Å². The number of aromatic nitrogens is 2. The van der Waals surface area contributed by atoms with Crippen LogP contribution in [0.25, 0.3) is 10.9 Å². The SMILES string of the molecule is COc1cc2c(NC(C)c3cccc(Br)c3)nc(C)nc2cc1OCCCCCCCNC(=O)Cc1ccccc1. The Balaban J connectivity index is 1.24. The van der Waals surface area contributed by atoms with Crippen molar-refractivity contribution in [3.05, 3.63) is 88.2 Å². The second-order valence-electron chi connectivity index (χ2n) is 10.2. The fraction of sp³-hybridized carbons (Fsp3) is 0.364. The number of fused-ring (bicyclic) bond motifs is 1. The van der Waals surface area contributed by atoms with Crippen molar-refractivity contribution in [2.45, 2.75) is 58.4 Å². The molecule has 0 saturated heterocycles. The Morgan fingerprint density at radius 2 is 1.71 bits per heavy atom. The Kier molecular flexibility index (Phi) is 11.4. The van der Waals surface area contributed by atoms with Crippen molar-refractivity contribution in [1.29, 1.82) is 0 Å². The van der Waals surface area contributed by atoms with E-state index in [9.17, 15) is 4.79 Å². The Bertz CT molecular complexity index is 1430. The van der Waals surface area contributed by atoms with Crippen LogP contribution in [0.15, 0.2) is 71.2 Å². The molecule has 0 aliphatic carbocycles. The molecule has 0 radical (unpaired) electrons. The number of amides is 1. The van der Waals surface area contributed by atoms with E-state index < -0.39 is 0 Å². The summed E-state index contributed by atoms with van der Waals surface area (Å²) >= 11 is 3.55. The first-order valence-corrected chi connectivity index (χ1v) is 15.0. The van der Waals surface area contributed by atoms with E-state index >= 15 is 0 Å². The summed E-state index contributed by atoms with van der Waals surface area (Å²) in [6.07, 6.45) is 5.61. The van der Waals surface area contributed by atoms with E-state index in [4.69, 9.17) is 9.47 Å². The Morgan fingerprint density at radius 3 is 2.49 bits per heavy atom. The number of carbonyl (C=O) groups excluding carboxylic acids is 1. The number of rotatable bonds is 15. The van der Waals surface area contributed by atoms with Crippen molar-refractivity contribution in [2.24, 2.45) is 0 Å². The van der Waals surface area contributed by atoms with Gasteiger partial charge < -0.3 is 20.1 Å². The van der Waals surface area contributed by atoms with Gasteiger partial charge in [0, 0.05) is 22.5 Å². The number of anilines is 1. The molecule has 0 aliphatic heterocycles. The number of carbonyl (C=O) groups is 1. The summed E-state index contributed by atoms with van der Waals surface area (Å²) in [6.45, 7) is 5.33. The fourth-order valence-corrected chi connectivity index (χ4v) is 5.13. The largest absolute Gasteiger partial charge is 0.493 e. The van der Waals surface area contributed by atoms with Crippen molar-refractivity contribution >= 4 is 38.6 Å². The van der Waals surface area contributed by atoms with E-state index in [-0.39, 0.29) is 11.9 Å². The number of hydrogen-bond acceptors (Lipinski definition) is 6. The van der Waals surface area contributed by atoms with Crippen LogP contribution >= 0.6 is 15.9 Å². The lowest BCUT2D eigenvalue weighted by atomic mass is 10.1. The lowest BCUT2D eigenvalue weighted by molar-refractivity contribution is -0.120. The van der Waals surface area contributed by atoms with Gasteiger partial charge in [0.2, 0.25) is 5.91 Å². The Labute approximate surface area is 251 Å². The Morgan fingerprint density at radius 1 is 0.927 bits per heavy atom. The van der Waals surface area contributed by atoms with E-state index in [1.54, 1.807) is 7.11 Å². The van der Waals surface area contributed by atoms with Crippen molar-refractivity contribution in [2.75, 3.05) is 25.6 Å². The van der Waals surface area contributed by atoms with Crippen LogP contribution in [0.2, 0.25) is 0 Å². The molecule has 216 valence electrons. The highest BCUT2D eigenvalue weighted by atomic mass is 79.9. The monoisotopic (exact) mass is 618 g/mol.